The zero-order valence-electron chi connectivity index (χ0n) is 19.5. The van der Waals surface area contributed by atoms with E-state index in [1.807, 2.05) is 60.7 Å². The van der Waals surface area contributed by atoms with Crippen molar-refractivity contribution in [2.24, 2.45) is 0 Å². The minimum Gasteiger partial charge on any atom is -0.487 e. The van der Waals surface area contributed by atoms with Gasteiger partial charge in [0.25, 0.3) is 0 Å². The van der Waals surface area contributed by atoms with E-state index >= 15 is 0 Å². The highest BCUT2D eigenvalue weighted by Crippen LogP contribution is 2.35. The van der Waals surface area contributed by atoms with Crippen molar-refractivity contribution in [3.05, 3.63) is 71.5 Å². The van der Waals surface area contributed by atoms with E-state index in [2.05, 4.69) is 31.2 Å². The number of nitrogens with one attached hydrogen (secondary N) is 1. The topological polar surface area (TPSA) is 84.0 Å². The molecule has 4 rings (SSSR count). The molecule has 3 aromatic carbocycles. The first kappa shape index (κ1) is 24.7. The van der Waals surface area contributed by atoms with Gasteiger partial charge in [-0.25, -0.2) is 9.97 Å². The van der Waals surface area contributed by atoms with E-state index in [1.165, 1.54) is 6.33 Å². The summed E-state index contributed by atoms with van der Waals surface area (Å²) in [5.74, 6) is 3.29. The molecule has 1 N–H and O–H groups in total. The highest BCUT2D eigenvalue weighted by molar-refractivity contribution is 9.10. The van der Waals surface area contributed by atoms with E-state index in [-0.39, 0.29) is 0 Å². The van der Waals surface area contributed by atoms with Crippen LogP contribution in [0.25, 0.3) is 10.9 Å². The largest absolute Gasteiger partial charge is 0.487 e. The summed E-state index contributed by atoms with van der Waals surface area (Å²) in [5.41, 5.74) is 1.58. The van der Waals surface area contributed by atoms with Crippen LogP contribution in [0.3, 0.4) is 0 Å². The van der Waals surface area contributed by atoms with E-state index in [9.17, 15) is 0 Å². The molecule has 0 aliphatic carbocycles. The van der Waals surface area contributed by atoms with E-state index in [0.717, 1.165) is 32.6 Å². The zero-order valence-corrected chi connectivity index (χ0v) is 21.1. The zero-order chi connectivity index (χ0) is 24.5. The molecule has 0 atom stereocenters. The third-order valence-electron chi connectivity index (χ3n) is 4.97. The number of para-hydroxylation sites is 1. The summed E-state index contributed by atoms with van der Waals surface area (Å²) in [6, 6.07) is 19.1. The lowest BCUT2D eigenvalue weighted by Crippen LogP contribution is -2.09. The Bertz CT molecular complexity index is 1250. The number of ether oxygens (including phenoxy) is 5. The molecule has 35 heavy (non-hydrogen) atoms. The average molecular weight is 540 g/mol. The van der Waals surface area contributed by atoms with Crippen LogP contribution in [-0.4, -0.2) is 50.6 Å². The summed E-state index contributed by atoms with van der Waals surface area (Å²) < 4.78 is 28.8. The predicted molar refractivity (Wildman–Crippen MR) is 138 cm³/mol. The number of nitrogens with zero attached hydrogens (tertiary/aromatic N) is 2. The molecule has 0 unspecified atom stereocenters. The van der Waals surface area contributed by atoms with Crippen molar-refractivity contribution in [1.82, 2.24) is 9.97 Å². The molecular weight excluding hydrogens is 514 g/mol. The second-order valence-electron chi connectivity index (χ2n) is 7.40. The molecular formula is C26H26BrN3O5. The van der Waals surface area contributed by atoms with Crippen LogP contribution in [-0.2, 0) is 9.47 Å². The van der Waals surface area contributed by atoms with Gasteiger partial charge in [0.1, 0.15) is 36.9 Å². The monoisotopic (exact) mass is 539 g/mol. The van der Waals surface area contributed by atoms with Crippen molar-refractivity contribution in [3.63, 3.8) is 0 Å². The van der Waals surface area contributed by atoms with E-state index in [0.29, 0.717) is 43.7 Å². The van der Waals surface area contributed by atoms with E-state index in [4.69, 9.17) is 23.7 Å². The van der Waals surface area contributed by atoms with Gasteiger partial charge in [-0.3, -0.25) is 0 Å². The normalized spacial score (nSPS) is 10.8. The van der Waals surface area contributed by atoms with Crippen LogP contribution in [0.1, 0.15) is 0 Å². The molecule has 0 saturated heterocycles. The Balaban J connectivity index is 1.56. The van der Waals surface area contributed by atoms with Gasteiger partial charge in [-0.15, -0.1) is 0 Å². The summed E-state index contributed by atoms with van der Waals surface area (Å²) in [5, 5.41) is 4.16. The van der Waals surface area contributed by atoms with Gasteiger partial charge >= 0.3 is 0 Å². The van der Waals surface area contributed by atoms with Gasteiger partial charge in [0.2, 0.25) is 0 Å². The summed E-state index contributed by atoms with van der Waals surface area (Å²) in [6.07, 6.45) is 1.51. The fourth-order valence-corrected chi connectivity index (χ4v) is 3.62. The van der Waals surface area contributed by atoms with Crippen LogP contribution in [0.15, 0.2) is 71.5 Å². The van der Waals surface area contributed by atoms with Crippen LogP contribution in [0.4, 0.5) is 11.5 Å². The Kier molecular flexibility index (Phi) is 8.72. The summed E-state index contributed by atoms with van der Waals surface area (Å²) >= 11 is 3.50. The van der Waals surface area contributed by atoms with Gasteiger partial charge in [0.15, 0.2) is 11.5 Å². The van der Waals surface area contributed by atoms with Crippen LogP contribution in [0.5, 0.6) is 23.0 Å². The van der Waals surface area contributed by atoms with E-state index < -0.39 is 0 Å². The lowest BCUT2D eigenvalue weighted by Gasteiger charge is -2.15. The van der Waals surface area contributed by atoms with Crippen molar-refractivity contribution in [2.45, 2.75) is 0 Å². The maximum absolute atomic E-state index is 5.95. The summed E-state index contributed by atoms with van der Waals surface area (Å²) in [7, 11) is 3.26. The molecule has 0 aliphatic rings. The molecule has 0 spiro atoms. The molecule has 1 aromatic heterocycles. The van der Waals surface area contributed by atoms with Gasteiger partial charge < -0.3 is 29.0 Å². The van der Waals surface area contributed by atoms with Crippen molar-refractivity contribution < 1.29 is 23.7 Å². The number of hydrogen-bond donors (Lipinski definition) is 1. The van der Waals surface area contributed by atoms with Gasteiger partial charge in [-0.05, 0) is 58.4 Å². The third-order valence-corrected chi connectivity index (χ3v) is 5.63. The molecule has 0 bridgehead atoms. The third kappa shape index (κ3) is 6.60. The molecule has 9 heteroatoms. The van der Waals surface area contributed by atoms with Gasteiger partial charge in [0.05, 0.1) is 23.2 Å². The molecule has 1 heterocycles. The quantitative estimate of drug-likeness (QED) is 0.220. The molecule has 4 aromatic rings. The van der Waals surface area contributed by atoms with E-state index in [1.54, 1.807) is 14.2 Å². The molecule has 0 amide bonds. The highest BCUT2D eigenvalue weighted by atomic mass is 79.9. The van der Waals surface area contributed by atoms with Crippen LogP contribution >= 0.6 is 15.9 Å². The number of methoxy groups -OCH3 is 2. The smallest absolute Gasteiger partial charge is 0.163 e. The maximum Gasteiger partial charge on any atom is 0.163 e. The Morgan fingerprint density at radius 1 is 0.771 bits per heavy atom. The fraction of sp³-hybridized carbons (Fsp3) is 0.231. The summed E-state index contributed by atoms with van der Waals surface area (Å²) in [6.45, 7) is 1.71. The molecule has 0 aliphatic heterocycles. The summed E-state index contributed by atoms with van der Waals surface area (Å²) in [4.78, 5) is 8.86. The lowest BCUT2D eigenvalue weighted by atomic mass is 10.2. The standard InChI is InChI=1S/C26H26BrN3O5/c1-31-11-13-33-24-15-20-22(16-25(24)34-14-12-32-2)28-17-29-26(20)30-18-7-9-19(10-8-18)35-23-6-4-3-5-21(23)27/h3-10,15-17H,11-14H2,1-2H3,(H,28,29,30). The minimum atomic E-state index is 0.387. The lowest BCUT2D eigenvalue weighted by molar-refractivity contribution is 0.132. The molecule has 182 valence electrons. The molecule has 8 nitrogen and oxygen atoms in total. The number of rotatable bonds is 12. The van der Waals surface area contributed by atoms with Crippen molar-refractivity contribution in [1.29, 1.82) is 0 Å². The Hall–Kier alpha value is -3.40. The molecule has 0 fully saturated rings. The Morgan fingerprint density at radius 3 is 2.14 bits per heavy atom. The first-order valence-electron chi connectivity index (χ1n) is 11.0. The Morgan fingerprint density at radius 2 is 1.46 bits per heavy atom. The van der Waals surface area contributed by atoms with Crippen LogP contribution in [0, 0.1) is 0 Å². The predicted octanol–water partition coefficient (Wildman–Crippen LogP) is 5.98. The first-order valence-corrected chi connectivity index (χ1v) is 11.8. The van der Waals surface area contributed by atoms with Crippen LogP contribution < -0.4 is 19.5 Å². The van der Waals surface area contributed by atoms with Gasteiger partial charge in [-0.1, -0.05) is 12.1 Å². The minimum absolute atomic E-state index is 0.387. The number of halogens is 1. The number of hydrogen-bond acceptors (Lipinski definition) is 8. The number of fused-ring (bicyclic) bond motifs is 1. The van der Waals surface area contributed by atoms with Crippen LogP contribution in [0.2, 0.25) is 0 Å². The molecule has 0 radical (unpaired) electrons. The first-order chi connectivity index (χ1) is 17.2. The van der Waals surface area contributed by atoms with Gasteiger partial charge in [0, 0.05) is 31.4 Å². The number of benzene rings is 3. The van der Waals surface area contributed by atoms with Gasteiger partial charge in [-0.2, -0.15) is 0 Å². The SMILES string of the molecule is COCCOc1cc2ncnc(Nc3ccc(Oc4ccccc4Br)cc3)c2cc1OCCOC. The molecule has 0 saturated carbocycles. The maximum atomic E-state index is 5.95. The van der Waals surface area contributed by atoms with Crippen molar-refractivity contribution in [3.8, 4) is 23.0 Å². The number of aromatic nitrogens is 2. The average Bonchev–Trinajstić information content (AvgIpc) is 2.87. The fourth-order valence-electron chi connectivity index (χ4n) is 3.26. The second-order valence-corrected chi connectivity index (χ2v) is 8.26. The van der Waals surface area contributed by atoms with Crippen molar-refractivity contribution >= 4 is 38.3 Å². The Labute approximate surface area is 212 Å². The second kappa shape index (κ2) is 12.3. The highest BCUT2D eigenvalue weighted by Gasteiger charge is 2.13. The number of anilines is 2. The van der Waals surface area contributed by atoms with Crippen molar-refractivity contribution in [2.75, 3.05) is 46.0 Å².